The highest BCUT2D eigenvalue weighted by molar-refractivity contribution is 5.53. The predicted molar refractivity (Wildman–Crippen MR) is 76.9 cm³/mol. The van der Waals surface area contributed by atoms with Gasteiger partial charge in [-0.2, -0.15) is 0 Å². The number of nitro groups is 1. The molecule has 0 aliphatic rings. The van der Waals surface area contributed by atoms with Gasteiger partial charge in [-0.15, -0.1) is 0 Å². The number of benzene rings is 2. The van der Waals surface area contributed by atoms with Crippen molar-refractivity contribution in [1.29, 1.82) is 0 Å². The number of rotatable bonds is 4. The third-order valence-electron chi connectivity index (χ3n) is 3.08. The van der Waals surface area contributed by atoms with Crippen LogP contribution in [-0.4, -0.2) is 4.92 Å². The largest absolute Gasteiger partial charge is 0.447 e. The number of para-hydroxylation sites is 1. The van der Waals surface area contributed by atoms with E-state index < -0.39 is 10.7 Å². The number of nitrogens with zero attached hydrogens (tertiary/aromatic N) is 1. The summed E-state index contributed by atoms with van der Waals surface area (Å²) in [6, 6.07) is 8.66. The minimum absolute atomic E-state index is 0.00690. The lowest BCUT2D eigenvalue weighted by atomic mass is 10.1. The normalized spacial score (nSPS) is 12.0. The first-order chi connectivity index (χ1) is 9.90. The summed E-state index contributed by atoms with van der Waals surface area (Å²) in [5.74, 6) is -0.679. The number of hydrogen-bond donors (Lipinski definition) is 1. The van der Waals surface area contributed by atoms with Crippen molar-refractivity contribution >= 4 is 5.69 Å². The molecule has 0 unspecified atom stereocenters. The van der Waals surface area contributed by atoms with Crippen LogP contribution in [0.2, 0.25) is 0 Å². The van der Waals surface area contributed by atoms with Gasteiger partial charge in [0, 0.05) is 11.6 Å². The lowest BCUT2D eigenvalue weighted by Gasteiger charge is -2.11. The Morgan fingerprint density at radius 3 is 2.57 bits per heavy atom. The number of nitro benzene ring substituents is 1. The van der Waals surface area contributed by atoms with Crippen molar-refractivity contribution in [3.63, 3.8) is 0 Å². The Morgan fingerprint density at radius 2 is 2.00 bits per heavy atom. The first kappa shape index (κ1) is 14.9. The van der Waals surface area contributed by atoms with Crippen molar-refractivity contribution in [2.75, 3.05) is 0 Å². The zero-order valence-electron chi connectivity index (χ0n) is 11.7. The van der Waals surface area contributed by atoms with Crippen molar-refractivity contribution in [1.82, 2.24) is 0 Å². The van der Waals surface area contributed by atoms with E-state index in [2.05, 4.69) is 0 Å². The van der Waals surface area contributed by atoms with E-state index in [0.717, 1.165) is 0 Å². The third kappa shape index (κ3) is 3.17. The molecule has 0 radical (unpaired) electrons. The molecule has 0 saturated carbocycles. The molecule has 0 amide bonds. The van der Waals surface area contributed by atoms with Gasteiger partial charge in [0.2, 0.25) is 5.75 Å². The molecular formula is C15H15FN2O3. The third-order valence-corrected chi connectivity index (χ3v) is 3.08. The maximum Gasteiger partial charge on any atom is 0.314 e. The van der Waals surface area contributed by atoms with Gasteiger partial charge in [-0.05, 0) is 37.6 Å². The Kier molecular flexibility index (Phi) is 4.18. The highest BCUT2D eigenvalue weighted by atomic mass is 19.1. The molecule has 0 bridgehead atoms. The number of hydrogen-bond acceptors (Lipinski definition) is 4. The lowest BCUT2D eigenvalue weighted by molar-refractivity contribution is -0.386. The van der Waals surface area contributed by atoms with E-state index in [1.165, 1.54) is 18.2 Å². The Hall–Kier alpha value is -2.47. The topological polar surface area (TPSA) is 78.4 Å². The summed E-state index contributed by atoms with van der Waals surface area (Å²) in [5.41, 5.74) is 6.57. The van der Waals surface area contributed by atoms with Crippen molar-refractivity contribution in [2.24, 2.45) is 5.73 Å². The second-order valence-electron chi connectivity index (χ2n) is 4.76. The van der Waals surface area contributed by atoms with Gasteiger partial charge in [0.1, 0.15) is 0 Å². The SMILES string of the molecule is Cc1cccc(Oc2ccc([C@H](C)N)cc2F)c1[N+](=O)[O-]. The molecule has 5 nitrogen and oxygen atoms in total. The minimum atomic E-state index is -0.611. The van der Waals surface area contributed by atoms with Crippen molar-refractivity contribution in [3.05, 3.63) is 63.5 Å². The van der Waals surface area contributed by atoms with Gasteiger partial charge in [0.25, 0.3) is 0 Å². The van der Waals surface area contributed by atoms with Crippen LogP contribution in [0.1, 0.15) is 24.1 Å². The Morgan fingerprint density at radius 1 is 1.29 bits per heavy atom. The van der Waals surface area contributed by atoms with E-state index in [4.69, 9.17) is 10.5 Å². The Balaban J connectivity index is 2.39. The molecule has 0 aliphatic carbocycles. The molecule has 0 aromatic heterocycles. The first-order valence-corrected chi connectivity index (χ1v) is 6.37. The Labute approximate surface area is 121 Å². The van der Waals surface area contributed by atoms with Crippen molar-refractivity contribution < 1.29 is 14.1 Å². The number of nitrogens with two attached hydrogens (primary N) is 1. The quantitative estimate of drug-likeness (QED) is 0.685. The van der Waals surface area contributed by atoms with Crippen LogP contribution in [0.4, 0.5) is 10.1 Å². The van der Waals surface area contributed by atoms with Gasteiger partial charge in [0.15, 0.2) is 11.6 Å². The van der Waals surface area contributed by atoms with Crippen molar-refractivity contribution in [2.45, 2.75) is 19.9 Å². The van der Waals surface area contributed by atoms with Gasteiger partial charge < -0.3 is 10.5 Å². The molecule has 0 spiro atoms. The molecule has 0 saturated heterocycles. The van der Waals surface area contributed by atoms with Crippen LogP contribution in [0.5, 0.6) is 11.5 Å². The van der Waals surface area contributed by atoms with Crippen LogP contribution in [0.3, 0.4) is 0 Å². The first-order valence-electron chi connectivity index (χ1n) is 6.37. The van der Waals surface area contributed by atoms with Crippen LogP contribution >= 0.6 is 0 Å². The summed E-state index contributed by atoms with van der Waals surface area (Å²) in [6.45, 7) is 3.33. The molecule has 2 aromatic carbocycles. The summed E-state index contributed by atoms with van der Waals surface area (Å²) in [6.07, 6.45) is 0. The maximum absolute atomic E-state index is 14.0. The fourth-order valence-corrected chi connectivity index (χ4v) is 1.95. The van der Waals surface area contributed by atoms with E-state index in [1.54, 1.807) is 32.0 Å². The van der Waals surface area contributed by atoms with Gasteiger partial charge in [-0.1, -0.05) is 18.2 Å². The summed E-state index contributed by atoms with van der Waals surface area (Å²) in [5, 5.41) is 11.1. The van der Waals surface area contributed by atoms with Crippen LogP contribution in [0.15, 0.2) is 36.4 Å². The molecule has 6 heteroatoms. The molecule has 21 heavy (non-hydrogen) atoms. The molecule has 2 aromatic rings. The van der Waals surface area contributed by atoms with Gasteiger partial charge in [0.05, 0.1) is 4.92 Å². The summed E-state index contributed by atoms with van der Waals surface area (Å²) < 4.78 is 19.3. The summed E-state index contributed by atoms with van der Waals surface area (Å²) >= 11 is 0. The standard InChI is InChI=1S/C15H15FN2O3/c1-9-4-3-5-14(15(9)18(19)20)21-13-7-6-11(10(2)17)8-12(13)16/h3-8,10H,17H2,1-2H3/t10-/m0/s1. The molecule has 0 fully saturated rings. The fraction of sp³-hybridized carbons (Fsp3) is 0.200. The molecule has 0 aliphatic heterocycles. The molecule has 2 rings (SSSR count). The monoisotopic (exact) mass is 290 g/mol. The minimum Gasteiger partial charge on any atom is -0.447 e. The lowest BCUT2D eigenvalue weighted by Crippen LogP contribution is -2.05. The fourth-order valence-electron chi connectivity index (χ4n) is 1.95. The number of ether oxygens (including phenoxy) is 1. The molecule has 110 valence electrons. The number of aryl methyl sites for hydroxylation is 1. The van der Waals surface area contributed by atoms with Crippen LogP contribution in [0.25, 0.3) is 0 Å². The zero-order chi connectivity index (χ0) is 15.6. The molecule has 1 atom stereocenters. The zero-order valence-corrected chi connectivity index (χ0v) is 11.7. The predicted octanol–water partition coefficient (Wildman–Crippen LogP) is 3.85. The van der Waals surface area contributed by atoms with Gasteiger partial charge in [-0.25, -0.2) is 4.39 Å². The Bertz CT molecular complexity index is 687. The summed E-state index contributed by atoms with van der Waals surface area (Å²) in [7, 11) is 0. The molecule has 2 N–H and O–H groups in total. The second kappa shape index (κ2) is 5.88. The van der Waals surface area contributed by atoms with Gasteiger partial charge in [-0.3, -0.25) is 10.1 Å². The van der Waals surface area contributed by atoms with Crippen LogP contribution in [0, 0.1) is 22.9 Å². The van der Waals surface area contributed by atoms with Crippen molar-refractivity contribution in [3.8, 4) is 11.5 Å². The highest BCUT2D eigenvalue weighted by Crippen LogP contribution is 2.35. The van der Waals surface area contributed by atoms with E-state index >= 15 is 0 Å². The second-order valence-corrected chi connectivity index (χ2v) is 4.76. The van der Waals surface area contributed by atoms with Crippen LogP contribution < -0.4 is 10.5 Å². The average molecular weight is 290 g/mol. The number of halogens is 1. The summed E-state index contributed by atoms with van der Waals surface area (Å²) in [4.78, 5) is 10.5. The highest BCUT2D eigenvalue weighted by Gasteiger charge is 2.20. The molecular weight excluding hydrogens is 275 g/mol. The van der Waals surface area contributed by atoms with E-state index in [1.807, 2.05) is 0 Å². The maximum atomic E-state index is 14.0. The average Bonchev–Trinajstić information content (AvgIpc) is 2.40. The van der Waals surface area contributed by atoms with Gasteiger partial charge >= 0.3 is 5.69 Å². The van der Waals surface area contributed by atoms with Crippen LogP contribution in [-0.2, 0) is 0 Å². The van der Waals surface area contributed by atoms with E-state index in [-0.39, 0.29) is 23.2 Å². The smallest absolute Gasteiger partial charge is 0.314 e. The van der Waals surface area contributed by atoms with E-state index in [9.17, 15) is 14.5 Å². The molecule has 0 heterocycles. The van der Waals surface area contributed by atoms with E-state index in [0.29, 0.717) is 11.1 Å².